The Bertz CT molecular complexity index is 378. The molecule has 1 rings (SSSR count). The lowest BCUT2D eigenvalue weighted by Gasteiger charge is -2.14. The molecule has 0 radical (unpaired) electrons. The molecule has 8 heteroatoms. The minimum Gasteiger partial charge on any atom is -0.382 e. The third kappa shape index (κ3) is 3.42. The standard InChI is InChI=1S/C8H8ClF3N2O2/c9-4-1-5(13-2-4)7(16)14-3-6(15)8(10,11)12/h1-2,6,13,15H,3H2,(H,14,16). The maximum atomic E-state index is 11.9. The number of hydrogen-bond donors (Lipinski definition) is 3. The van der Waals surface area contributed by atoms with E-state index in [4.69, 9.17) is 16.7 Å². The molecule has 1 heterocycles. The van der Waals surface area contributed by atoms with Gasteiger partial charge in [-0.1, -0.05) is 11.6 Å². The van der Waals surface area contributed by atoms with Gasteiger partial charge in [-0.2, -0.15) is 13.2 Å². The van der Waals surface area contributed by atoms with Crippen LogP contribution in [0, 0.1) is 0 Å². The van der Waals surface area contributed by atoms with E-state index >= 15 is 0 Å². The summed E-state index contributed by atoms with van der Waals surface area (Å²) in [5, 5.41) is 10.8. The van der Waals surface area contributed by atoms with Crippen molar-refractivity contribution in [3.63, 3.8) is 0 Å². The fourth-order valence-electron chi connectivity index (χ4n) is 0.899. The summed E-state index contributed by atoms with van der Waals surface area (Å²) in [6, 6.07) is 1.26. The third-order valence-corrected chi connectivity index (χ3v) is 1.94. The number of halogens is 4. The number of nitrogens with one attached hydrogen (secondary N) is 2. The Morgan fingerprint density at radius 1 is 1.62 bits per heavy atom. The molecule has 0 bridgehead atoms. The van der Waals surface area contributed by atoms with Gasteiger partial charge in [0.05, 0.1) is 11.6 Å². The Balaban J connectivity index is 2.48. The lowest BCUT2D eigenvalue weighted by atomic mass is 10.3. The molecule has 0 aromatic carbocycles. The van der Waals surface area contributed by atoms with Crippen molar-refractivity contribution < 1.29 is 23.1 Å². The molecular weight excluding hydrogens is 249 g/mol. The monoisotopic (exact) mass is 256 g/mol. The number of aromatic amines is 1. The van der Waals surface area contributed by atoms with Crippen LogP contribution in [-0.4, -0.2) is 34.8 Å². The van der Waals surface area contributed by atoms with E-state index in [9.17, 15) is 18.0 Å². The first-order valence-electron chi connectivity index (χ1n) is 4.17. The van der Waals surface area contributed by atoms with E-state index in [2.05, 4.69) is 4.98 Å². The molecule has 0 saturated heterocycles. The molecule has 0 saturated carbocycles. The van der Waals surface area contributed by atoms with E-state index in [1.165, 1.54) is 12.3 Å². The first kappa shape index (κ1) is 12.9. The SMILES string of the molecule is O=C(NCC(O)C(F)(F)F)c1cc(Cl)c[nH]1. The second-order valence-corrected chi connectivity index (χ2v) is 3.44. The van der Waals surface area contributed by atoms with Crippen molar-refractivity contribution in [2.75, 3.05) is 6.54 Å². The van der Waals surface area contributed by atoms with Gasteiger partial charge in [-0.3, -0.25) is 4.79 Å². The number of carbonyl (C=O) groups is 1. The van der Waals surface area contributed by atoms with Crippen LogP contribution in [0.5, 0.6) is 0 Å². The van der Waals surface area contributed by atoms with Crippen LogP contribution in [0.4, 0.5) is 13.2 Å². The fourth-order valence-corrected chi connectivity index (χ4v) is 1.06. The molecule has 1 amide bonds. The third-order valence-electron chi connectivity index (χ3n) is 1.73. The van der Waals surface area contributed by atoms with Crippen LogP contribution >= 0.6 is 11.6 Å². The summed E-state index contributed by atoms with van der Waals surface area (Å²) in [5.41, 5.74) is 0.0272. The van der Waals surface area contributed by atoms with Crippen LogP contribution in [0.1, 0.15) is 10.5 Å². The zero-order valence-corrected chi connectivity index (χ0v) is 8.56. The molecule has 0 fully saturated rings. The first-order chi connectivity index (χ1) is 7.30. The van der Waals surface area contributed by atoms with E-state index in [1.807, 2.05) is 5.32 Å². The van der Waals surface area contributed by atoms with Gasteiger partial charge in [-0.05, 0) is 6.07 Å². The molecule has 1 unspecified atom stereocenters. The average Bonchev–Trinajstić information content (AvgIpc) is 2.59. The number of carbonyl (C=O) groups excluding carboxylic acids is 1. The summed E-state index contributed by atoms with van der Waals surface area (Å²) in [4.78, 5) is 13.7. The molecular formula is C8H8ClF3N2O2. The Morgan fingerprint density at radius 2 is 2.25 bits per heavy atom. The van der Waals surface area contributed by atoms with Crippen molar-refractivity contribution >= 4 is 17.5 Å². The van der Waals surface area contributed by atoms with Crippen LogP contribution in [0.25, 0.3) is 0 Å². The van der Waals surface area contributed by atoms with Crippen molar-refractivity contribution in [2.45, 2.75) is 12.3 Å². The number of alkyl halides is 3. The van der Waals surface area contributed by atoms with E-state index in [0.29, 0.717) is 0 Å². The smallest absolute Gasteiger partial charge is 0.382 e. The van der Waals surface area contributed by atoms with Gasteiger partial charge < -0.3 is 15.4 Å². The average molecular weight is 257 g/mol. The summed E-state index contributed by atoms with van der Waals surface area (Å²) in [6.45, 7) is -0.904. The van der Waals surface area contributed by atoms with Gasteiger partial charge in [0.25, 0.3) is 5.91 Å². The van der Waals surface area contributed by atoms with Crippen LogP contribution in [0.15, 0.2) is 12.3 Å². The molecule has 0 aliphatic heterocycles. The summed E-state index contributed by atoms with van der Waals surface area (Å²) in [7, 11) is 0. The molecule has 1 aromatic rings. The van der Waals surface area contributed by atoms with Crippen molar-refractivity contribution in [3.8, 4) is 0 Å². The molecule has 3 N–H and O–H groups in total. The number of aliphatic hydroxyl groups is 1. The van der Waals surface area contributed by atoms with Crippen LogP contribution in [0.3, 0.4) is 0 Å². The highest BCUT2D eigenvalue weighted by molar-refractivity contribution is 6.30. The van der Waals surface area contributed by atoms with Crippen molar-refractivity contribution in [2.24, 2.45) is 0 Å². The minimum absolute atomic E-state index is 0.0272. The predicted molar refractivity (Wildman–Crippen MR) is 50.2 cm³/mol. The van der Waals surface area contributed by atoms with Gasteiger partial charge in [0.2, 0.25) is 0 Å². The van der Waals surface area contributed by atoms with Crippen molar-refractivity contribution in [1.82, 2.24) is 10.3 Å². The molecule has 1 aromatic heterocycles. The van der Waals surface area contributed by atoms with E-state index in [1.54, 1.807) is 0 Å². The lowest BCUT2D eigenvalue weighted by Crippen LogP contribution is -2.40. The fraction of sp³-hybridized carbons (Fsp3) is 0.375. The minimum atomic E-state index is -4.75. The van der Waals surface area contributed by atoms with Crippen LogP contribution in [-0.2, 0) is 0 Å². The summed E-state index contributed by atoms with van der Waals surface area (Å²) in [5.74, 6) is -0.768. The topological polar surface area (TPSA) is 65.1 Å². The molecule has 16 heavy (non-hydrogen) atoms. The zero-order chi connectivity index (χ0) is 12.3. The number of rotatable bonds is 3. The summed E-state index contributed by atoms with van der Waals surface area (Å²) in [6.07, 6.45) is -6.01. The molecule has 4 nitrogen and oxygen atoms in total. The number of aromatic nitrogens is 1. The van der Waals surface area contributed by atoms with Crippen LogP contribution in [0.2, 0.25) is 5.02 Å². The highest BCUT2D eigenvalue weighted by Crippen LogP contribution is 2.19. The van der Waals surface area contributed by atoms with Crippen LogP contribution < -0.4 is 5.32 Å². The maximum absolute atomic E-state index is 11.9. The number of amides is 1. The number of H-pyrrole nitrogens is 1. The summed E-state index contributed by atoms with van der Waals surface area (Å²) >= 11 is 5.50. The summed E-state index contributed by atoms with van der Waals surface area (Å²) < 4.78 is 35.6. The maximum Gasteiger partial charge on any atom is 0.416 e. The lowest BCUT2D eigenvalue weighted by molar-refractivity contribution is -0.201. The molecule has 90 valence electrons. The predicted octanol–water partition coefficient (Wildman–Crippen LogP) is 1.32. The van der Waals surface area contributed by atoms with Gasteiger partial charge >= 0.3 is 6.18 Å². The first-order valence-corrected chi connectivity index (χ1v) is 4.55. The Labute approximate surface area is 93.4 Å². The van der Waals surface area contributed by atoms with Gasteiger partial charge in [0, 0.05) is 6.20 Å². The molecule has 0 spiro atoms. The molecule has 1 atom stereocenters. The second-order valence-electron chi connectivity index (χ2n) is 3.00. The van der Waals surface area contributed by atoms with Gasteiger partial charge in [0.1, 0.15) is 5.69 Å². The van der Waals surface area contributed by atoms with E-state index in [-0.39, 0.29) is 10.7 Å². The molecule has 0 aliphatic rings. The zero-order valence-electron chi connectivity index (χ0n) is 7.81. The Kier molecular flexibility index (Phi) is 3.82. The van der Waals surface area contributed by atoms with Gasteiger partial charge in [-0.15, -0.1) is 0 Å². The van der Waals surface area contributed by atoms with Crippen molar-refractivity contribution in [3.05, 3.63) is 23.0 Å². The number of hydrogen-bond acceptors (Lipinski definition) is 2. The highest BCUT2D eigenvalue weighted by Gasteiger charge is 2.38. The highest BCUT2D eigenvalue weighted by atomic mass is 35.5. The van der Waals surface area contributed by atoms with Gasteiger partial charge in [0.15, 0.2) is 6.10 Å². The van der Waals surface area contributed by atoms with Gasteiger partial charge in [-0.25, -0.2) is 0 Å². The Morgan fingerprint density at radius 3 is 2.69 bits per heavy atom. The second kappa shape index (κ2) is 4.75. The quantitative estimate of drug-likeness (QED) is 0.764. The molecule has 0 aliphatic carbocycles. The Hall–Kier alpha value is -1.21. The number of aliphatic hydroxyl groups excluding tert-OH is 1. The van der Waals surface area contributed by atoms with Crippen molar-refractivity contribution in [1.29, 1.82) is 0 Å². The van der Waals surface area contributed by atoms with E-state index < -0.39 is 24.7 Å². The van der Waals surface area contributed by atoms with E-state index in [0.717, 1.165) is 0 Å². The normalized spacial score (nSPS) is 13.6. The largest absolute Gasteiger partial charge is 0.416 e.